The Morgan fingerprint density at radius 2 is 1.50 bits per heavy atom. The molecule has 0 rings (SSSR count). The Kier molecular flexibility index (Phi) is 8.93. The van der Waals surface area contributed by atoms with Crippen LogP contribution in [0.4, 0.5) is 0 Å². The lowest BCUT2D eigenvalue weighted by Gasteiger charge is -2.23. The molecule has 3 atom stereocenters. The van der Waals surface area contributed by atoms with Gasteiger partial charge in [-0.2, -0.15) is 0 Å². The van der Waals surface area contributed by atoms with Crippen LogP contribution >= 0.6 is 7.82 Å². The first-order chi connectivity index (χ1) is 8.40. The molecule has 110 valence electrons. The van der Waals surface area contributed by atoms with Gasteiger partial charge in [-0.25, -0.2) is 4.57 Å². The number of phosphoric ester groups is 1. The third-order valence-corrected chi connectivity index (χ3v) is 3.57. The molecule has 0 saturated heterocycles. The van der Waals surface area contributed by atoms with Crippen LogP contribution in [0, 0.1) is 0 Å². The Hall–Kier alpha value is -0.0500. The number of aliphatic hydroxyl groups is 4. The molecule has 0 aromatic heterocycles. The Labute approximate surface area is 106 Å². The predicted molar refractivity (Wildman–Crippen MR) is 61.9 cm³/mol. The lowest BCUT2D eigenvalue weighted by Crippen LogP contribution is -2.41. The number of hydrogen-bond donors (Lipinski definition) is 4. The van der Waals surface area contributed by atoms with Gasteiger partial charge in [0.05, 0.1) is 26.4 Å². The standard InChI is InChI=1S/C9H21O8P/c1-3-15-18(14,16-4-2)17-6-8(12)9(13)7(11)5-10/h7-13H,3-6H2,1-2H3/t7-,8+,9+/m0/s1. The fourth-order valence-electron chi connectivity index (χ4n) is 1.06. The minimum absolute atomic E-state index is 0.0925. The summed E-state index contributed by atoms with van der Waals surface area (Å²) >= 11 is 0. The average molecular weight is 288 g/mol. The van der Waals surface area contributed by atoms with E-state index in [1.165, 1.54) is 0 Å². The normalized spacial score (nSPS) is 17.4. The molecule has 9 heteroatoms. The third-order valence-electron chi connectivity index (χ3n) is 1.95. The van der Waals surface area contributed by atoms with Crippen LogP contribution in [0.2, 0.25) is 0 Å². The number of aliphatic hydroxyl groups excluding tert-OH is 4. The van der Waals surface area contributed by atoms with Crippen LogP contribution in [0.25, 0.3) is 0 Å². The van der Waals surface area contributed by atoms with Crippen molar-refractivity contribution in [3.8, 4) is 0 Å². The second-order valence-electron chi connectivity index (χ2n) is 3.39. The smallest absolute Gasteiger partial charge is 0.394 e. The molecule has 0 aliphatic carbocycles. The lowest BCUT2D eigenvalue weighted by atomic mass is 10.1. The SMILES string of the molecule is CCOP(=O)(OCC)OC[C@@H](O)[C@H](O)[C@@H](O)CO. The van der Waals surface area contributed by atoms with E-state index in [2.05, 4.69) is 0 Å². The van der Waals surface area contributed by atoms with E-state index in [0.717, 1.165) is 0 Å². The second-order valence-corrected chi connectivity index (χ2v) is 5.06. The van der Waals surface area contributed by atoms with Crippen LogP contribution < -0.4 is 0 Å². The molecule has 0 aliphatic heterocycles. The van der Waals surface area contributed by atoms with Gasteiger partial charge in [0.15, 0.2) is 0 Å². The maximum atomic E-state index is 11.8. The highest BCUT2D eigenvalue weighted by atomic mass is 31.2. The zero-order valence-corrected chi connectivity index (χ0v) is 11.3. The molecule has 0 aromatic rings. The number of hydrogen-bond acceptors (Lipinski definition) is 8. The summed E-state index contributed by atoms with van der Waals surface area (Å²) in [5.41, 5.74) is 0. The highest BCUT2D eigenvalue weighted by Gasteiger charge is 2.30. The summed E-state index contributed by atoms with van der Waals surface area (Å²) in [5, 5.41) is 36.4. The van der Waals surface area contributed by atoms with Crippen LogP contribution in [0.3, 0.4) is 0 Å². The van der Waals surface area contributed by atoms with E-state index in [1.807, 2.05) is 0 Å². The van der Waals surface area contributed by atoms with E-state index < -0.39 is 39.3 Å². The van der Waals surface area contributed by atoms with Crippen LogP contribution in [0.15, 0.2) is 0 Å². The highest BCUT2D eigenvalue weighted by Crippen LogP contribution is 2.49. The molecule has 0 saturated carbocycles. The summed E-state index contributed by atoms with van der Waals surface area (Å²) in [7, 11) is -3.77. The Morgan fingerprint density at radius 3 is 1.89 bits per heavy atom. The molecule has 0 unspecified atom stereocenters. The molecular weight excluding hydrogens is 267 g/mol. The van der Waals surface area contributed by atoms with E-state index in [9.17, 15) is 14.8 Å². The van der Waals surface area contributed by atoms with Gasteiger partial charge in [-0.15, -0.1) is 0 Å². The van der Waals surface area contributed by atoms with Crippen molar-refractivity contribution in [1.29, 1.82) is 0 Å². The van der Waals surface area contributed by atoms with E-state index in [1.54, 1.807) is 13.8 Å². The molecule has 0 spiro atoms. The fourth-order valence-corrected chi connectivity index (χ4v) is 2.25. The minimum Gasteiger partial charge on any atom is -0.394 e. The van der Waals surface area contributed by atoms with Crippen molar-refractivity contribution in [1.82, 2.24) is 0 Å². The second kappa shape index (κ2) is 8.95. The molecule has 8 nitrogen and oxygen atoms in total. The first-order valence-corrected chi connectivity index (χ1v) is 7.05. The maximum Gasteiger partial charge on any atom is 0.474 e. The summed E-state index contributed by atoms with van der Waals surface area (Å²) in [6.45, 7) is 2.10. The lowest BCUT2D eigenvalue weighted by molar-refractivity contribution is -0.0902. The molecule has 0 amide bonds. The maximum absolute atomic E-state index is 11.8. The van der Waals surface area contributed by atoms with Gasteiger partial charge < -0.3 is 20.4 Å². The first kappa shape index (κ1) is 17.9. The van der Waals surface area contributed by atoms with Gasteiger partial charge in [-0.05, 0) is 13.8 Å². The third kappa shape index (κ3) is 6.21. The van der Waals surface area contributed by atoms with E-state index in [4.69, 9.17) is 23.8 Å². The van der Waals surface area contributed by atoms with Gasteiger partial charge in [0.25, 0.3) is 0 Å². The Morgan fingerprint density at radius 1 is 1.00 bits per heavy atom. The van der Waals surface area contributed by atoms with Crippen LogP contribution in [0.1, 0.15) is 13.8 Å². The molecule has 18 heavy (non-hydrogen) atoms. The quantitative estimate of drug-likeness (QED) is 0.387. The van der Waals surface area contributed by atoms with Crippen molar-refractivity contribution in [3.05, 3.63) is 0 Å². The van der Waals surface area contributed by atoms with Gasteiger partial charge in [-0.3, -0.25) is 13.6 Å². The van der Waals surface area contributed by atoms with E-state index in [0.29, 0.717) is 0 Å². The topological polar surface area (TPSA) is 126 Å². The summed E-state index contributed by atoms with van der Waals surface area (Å²) in [5.74, 6) is 0. The van der Waals surface area contributed by atoms with Crippen molar-refractivity contribution >= 4 is 7.82 Å². The largest absolute Gasteiger partial charge is 0.474 e. The van der Waals surface area contributed by atoms with E-state index >= 15 is 0 Å². The average Bonchev–Trinajstić information content (AvgIpc) is 2.34. The van der Waals surface area contributed by atoms with Crippen LogP contribution in [-0.4, -0.2) is 65.2 Å². The summed E-state index contributed by atoms with van der Waals surface area (Å²) in [4.78, 5) is 0. The molecule has 0 heterocycles. The van der Waals surface area contributed by atoms with Gasteiger partial charge in [0.2, 0.25) is 0 Å². The zero-order valence-electron chi connectivity index (χ0n) is 10.4. The number of phosphoric acid groups is 1. The molecule has 0 aromatic carbocycles. The molecule has 0 radical (unpaired) electrons. The Bertz CT molecular complexity index is 251. The van der Waals surface area contributed by atoms with Crippen molar-refractivity contribution < 1.29 is 38.6 Å². The monoisotopic (exact) mass is 288 g/mol. The summed E-state index contributed by atoms with van der Waals surface area (Å²) in [6, 6.07) is 0. The van der Waals surface area contributed by atoms with Crippen molar-refractivity contribution in [2.75, 3.05) is 26.4 Å². The van der Waals surface area contributed by atoms with Gasteiger partial charge in [0, 0.05) is 0 Å². The summed E-state index contributed by atoms with van der Waals surface area (Å²) < 4.78 is 26.2. The molecule has 0 fully saturated rings. The molecular formula is C9H21O8P. The fraction of sp³-hybridized carbons (Fsp3) is 1.00. The van der Waals surface area contributed by atoms with Crippen molar-refractivity contribution in [2.45, 2.75) is 32.2 Å². The van der Waals surface area contributed by atoms with Gasteiger partial charge in [-0.1, -0.05) is 0 Å². The number of rotatable bonds is 10. The van der Waals surface area contributed by atoms with Gasteiger partial charge >= 0.3 is 7.82 Å². The molecule has 0 bridgehead atoms. The molecule has 0 aliphatic rings. The zero-order chi connectivity index (χ0) is 14.2. The van der Waals surface area contributed by atoms with Crippen LogP contribution in [-0.2, 0) is 18.1 Å². The van der Waals surface area contributed by atoms with Crippen molar-refractivity contribution in [2.24, 2.45) is 0 Å². The summed E-state index contributed by atoms with van der Waals surface area (Å²) in [6.07, 6.45) is -4.66. The minimum atomic E-state index is -3.77. The highest BCUT2D eigenvalue weighted by molar-refractivity contribution is 7.48. The van der Waals surface area contributed by atoms with E-state index in [-0.39, 0.29) is 13.2 Å². The van der Waals surface area contributed by atoms with Crippen LogP contribution in [0.5, 0.6) is 0 Å². The Balaban J connectivity index is 4.30. The predicted octanol–water partition coefficient (Wildman–Crippen LogP) is -0.741. The van der Waals surface area contributed by atoms with Crippen molar-refractivity contribution in [3.63, 3.8) is 0 Å². The first-order valence-electron chi connectivity index (χ1n) is 5.58. The van der Waals surface area contributed by atoms with Gasteiger partial charge in [0.1, 0.15) is 18.3 Å². The molecule has 4 N–H and O–H groups in total.